The van der Waals surface area contributed by atoms with Gasteiger partial charge in [-0.3, -0.25) is 14.5 Å². The van der Waals surface area contributed by atoms with Crippen molar-refractivity contribution >= 4 is 56.0 Å². The summed E-state index contributed by atoms with van der Waals surface area (Å²) in [4.78, 5) is 32.2. The Morgan fingerprint density at radius 3 is 2.44 bits per heavy atom. The van der Waals surface area contributed by atoms with E-state index in [1.54, 1.807) is 24.1 Å². The first-order chi connectivity index (χ1) is 16.4. The maximum atomic E-state index is 13.4. The molecule has 0 radical (unpaired) electrons. The summed E-state index contributed by atoms with van der Waals surface area (Å²) in [7, 11) is 1.59. The molecule has 0 bridgehead atoms. The number of aliphatic imine (C=N–C) groups is 1. The highest BCUT2D eigenvalue weighted by Gasteiger charge is 2.36. The van der Waals surface area contributed by atoms with Crippen LogP contribution in [0.4, 0.5) is 15.8 Å². The van der Waals surface area contributed by atoms with Crippen LogP contribution in [0.2, 0.25) is 0 Å². The molecule has 0 saturated carbocycles. The highest BCUT2D eigenvalue weighted by Crippen LogP contribution is 2.31. The Bertz CT molecular complexity index is 1200. The summed E-state index contributed by atoms with van der Waals surface area (Å²) < 4.78 is 19.5. The molecule has 34 heavy (non-hydrogen) atoms. The van der Waals surface area contributed by atoms with Crippen LogP contribution in [0, 0.1) is 5.82 Å². The zero-order valence-corrected chi connectivity index (χ0v) is 20.6. The molecule has 0 aliphatic carbocycles. The summed E-state index contributed by atoms with van der Waals surface area (Å²) in [6.45, 7) is 0.289. The number of nitrogens with zero attached hydrogens (tertiary/aromatic N) is 2. The Morgan fingerprint density at radius 2 is 1.79 bits per heavy atom. The van der Waals surface area contributed by atoms with E-state index in [1.165, 1.54) is 36.0 Å². The van der Waals surface area contributed by atoms with Gasteiger partial charge in [0.05, 0.1) is 19.3 Å². The fourth-order valence-corrected chi connectivity index (χ4v) is 4.65. The molecule has 1 atom stereocenters. The minimum absolute atomic E-state index is 0.0334. The highest BCUT2D eigenvalue weighted by molar-refractivity contribution is 9.10. The Balaban J connectivity index is 1.58. The van der Waals surface area contributed by atoms with E-state index in [-0.39, 0.29) is 30.6 Å². The molecule has 1 heterocycles. The van der Waals surface area contributed by atoms with Crippen LogP contribution in [0.5, 0.6) is 5.75 Å². The minimum atomic E-state index is -0.650. The number of halogens is 2. The van der Waals surface area contributed by atoms with Gasteiger partial charge < -0.3 is 10.1 Å². The molecule has 174 valence electrons. The predicted molar refractivity (Wildman–Crippen MR) is 136 cm³/mol. The molecule has 1 unspecified atom stereocenters. The summed E-state index contributed by atoms with van der Waals surface area (Å²) in [5.41, 5.74) is 2.02. The van der Waals surface area contributed by atoms with Crippen molar-refractivity contribution in [1.82, 2.24) is 4.90 Å². The lowest BCUT2D eigenvalue weighted by Crippen LogP contribution is -2.44. The third kappa shape index (κ3) is 6.03. The van der Waals surface area contributed by atoms with Gasteiger partial charge in [0.25, 0.3) is 0 Å². The topological polar surface area (TPSA) is 71.0 Å². The molecular weight excluding hydrogens is 521 g/mol. The molecule has 1 aliphatic heterocycles. The van der Waals surface area contributed by atoms with Crippen LogP contribution >= 0.6 is 27.7 Å². The van der Waals surface area contributed by atoms with Gasteiger partial charge in [-0.1, -0.05) is 39.8 Å². The van der Waals surface area contributed by atoms with Gasteiger partial charge in [-0.2, -0.15) is 0 Å². The van der Waals surface area contributed by atoms with E-state index < -0.39 is 5.25 Å². The van der Waals surface area contributed by atoms with Crippen LogP contribution < -0.4 is 10.1 Å². The molecule has 1 fully saturated rings. The number of carbonyl (C=O) groups is 2. The van der Waals surface area contributed by atoms with E-state index >= 15 is 0 Å². The van der Waals surface area contributed by atoms with Crippen LogP contribution in [0.1, 0.15) is 12.0 Å². The molecule has 3 aromatic rings. The summed E-state index contributed by atoms with van der Waals surface area (Å²) in [6.07, 6.45) is 0.0334. The number of benzene rings is 3. The Hall–Kier alpha value is -3.17. The molecule has 9 heteroatoms. The van der Waals surface area contributed by atoms with Crippen molar-refractivity contribution in [2.75, 3.05) is 12.4 Å². The van der Waals surface area contributed by atoms with E-state index in [4.69, 9.17) is 4.74 Å². The van der Waals surface area contributed by atoms with Crippen molar-refractivity contribution in [3.63, 3.8) is 0 Å². The second-order valence-electron chi connectivity index (χ2n) is 7.51. The maximum Gasteiger partial charge on any atom is 0.238 e. The zero-order chi connectivity index (χ0) is 24.1. The predicted octanol–water partition coefficient (Wildman–Crippen LogP) is 5.76. The second kappa shape index (κ2) is 10.8. The highest BCUT2D eigenvalue weighted by atomic mass is 79.9. The molecular formula is C25H21BrFN3O3S. The molecule has 3 aromatic carbocycles. The third-order valence-electron chi connectivity index (χ3n) is 5.09. The van der Waals surface area contributed by atoms with E-state index in [1.807, 2.05) is 36.4 Å². The van der Waals surface area contributed by atoms with Gasteiger partial charge in [-0.15, -0.1) is 0 Å². The number of nitrogens with one attached hydrogen (secondary N) is 1. The largest absolute Gasteiger partial charge is 0.497 e. The molecule has 2 amide bonds. The maximum absolute atomic E-state index is 13.4. The van der Waals surface area contributed by atoms with Crippen LogP contribution in [0.15, 0.2) is 82.3 Å². The van der Waals surface area contributed by atoms with Crippen molar-refractivity contribution in [1.29, 1.82) is 0 Å². The lowest BCUT2D eigenvalue weighted by atomic mass is 10.2. The molecule has 1 saturated heterocycles. The number of ether oxygens (including phenoxy) is 1. The Kier molecular flexibility index (Phi) is 7.64. The number of rotatable bonds is 6. The van der Waals surface area contributed by atoms with Crippen molar-refractivity contribution in [2.45, 2.75) is 18.2 Å². The molecule has 0 spiro atoms. The van der Waals surface area contributed by atoms with Crippen LogP contribution in [0.25, 0.3) is 0 Å². The first-order valence-corrected chi connectivity index (χ1v) is 12.1. The average molecular weight is 542 g/mol. The lowest BCUT2D eigenvalue weighted by molar-refractivity contribution is -0.129. The SMILES string of the molecule is COc1ccc(CN2C(=O)CC(C(=O)Nc3ccc(Br)cc3)SC2=Nc2ccc(F)cc2)cc1. The number of hydrogen-bond donors (Lipinski definition) is 1. The number of carbonyl (C=O) groups excluding carboxylic acids is 2. The smallest absolute Gasteiger partial charge is 0.238 e. The molecule has 0 aromatic heterocycles. The fourth-order valence-electron chi connectivity index (χ4n) is 3.29. The Labute approximate surface area is 209 Å². The van der Waals surface area contributed by atoms with E-state index in [2.05, 4.69) is 26.2 Å². The van der Waals surface area contributed by atoms with Crippen molar-refractivity contribution < 1.29 is 18.7 Å². The van der Waals surface area contributed by atoms with Gasteiger partial charge in [0.2, 0.25) is 11.8 Å². The summed E-state index contributed by atoms with van der Waals surface area (Å²) >= 11 is 4.58. The van der Waals surface area contributed by atoms with Gasteiger partial charge in [-0.05, 0) is 66.2 Å². The molecule has 4 rings (SSSR count). The first kappa shape index (κ1) is 24.0. The fraction of sp³-hybridized carbons (Fsp3) is 0.160. The van der Waals surface area contributed by atoms with E-state index in [9.17, 15) is 14.0 Å². The summed E-state index contributed by atoms with van der Waals surface area (Å²) in [5.74, 6) is -0.158. The number of hydrogen-bond acceptors (Lipinski definition) is 5. The van der Waals surface area contributed by atoms with Gasteiger partial charge in [0.1, 0.15) is 16.8 Å². The number of amides is 2. The quantitative estimate of drug-likeness (QED) is 0.430. The Morgan fingerprint density at radius 1 is 1.12 bits per heavy atom. The van der Waals surface area contributed by atoms with Gasteiger partial charge in [-0.25, -0.2) is 9.38 Å². The second-order valence-corrected chi connectivity index (χ2v) is 9.59. The molecule has 1 N–H and O–H groups in total. The van der Waals surface area contributed by atoms with Crippen LogP contribution in [-0.2, 0) is 16.1 Å². The lowest BCUT2D eigenvalue weighted by Gasteiger charge is -2.32. The number of anilines is 1. The van der Waals surface area contributed by atoms with Crippen molar-refractivity contribution in [3.05, 3.63) is 88.6 Å². The van der Waals surface area contributed by atoms with Crippen molar-refractivity contribution in [2.24, 2.45) is 4.99 Å². The normalized spacial score (nSPS) is 17.0. The summed E-state index contributed by atoms with van der Waals surface area (Å²) in [6, 6.07) is 20.3. The number of thioether (sulfide) groups is 1. The molecule has 6 nitrogen and oxygen atoms in total. The average Bonchev–Trinajstić information content (AvgIpc) is 2.84. The number of amidine groups is 1. The third-order valence-corrected chi connectivity index (χ3v) is 6.81. The van der Waals surface area contributed by atoms with Gasteiger partial charge >= 0.3 is 0 Å². The number of methoxy groups -OCH3 is 1. The van der Waals surface area contributed by atoms with Crippen LogP contribution in [0.3, 0.4) is 0 Å². The minimum Gasteiger partial charge on any atom is -0.497 e. The summed E-state index contributed by atoms with van der Waals surface area (Å²) in [5, 5.41) is 2.59. The molecule has 1 aliphatic rings. The van der Waals surface area contributed by atoms with Crippen molar-refractivity contribution in [3.8, 4) is 5.75 Å². The monoisotopic (exact) mass is 541 g/mol. The standard InChI is InChI=1S/C25H21BrFN3O3S/c1-33-21-12-2-16(3-13-21)15-30-23(31)14-22(24(32)28-19-8-4-17(26)5-9-19)34-25(30)29-20-10-6-18(27)7-11-20/h2-13,22H,14-15H2,1H3,(H,28,32). The van der Waals surface area contributed by atoms with Gasteiger partial charge in [0, 0.05) is 16.6 Å². The van der Waals surface area contributed by atoms with Gasteiger partial charge in [0.15, 0.2) is 5.17 Å². The first-order valence-electron chi connectivity index (χ1n) is 10.4. The van der Waals surface area contributed by atoms with E-state index in [0.29, 0.717) is 22.3 Å². The van der Waals surface area contributed by atoms with E-state index in [0.717, 1.165) is 10.0 Å². The van der Waals surface area contributed by atoms with Crippen LogP contribution in [-0.4, -0.2) is 34.2 Å². The zero-order valence-electron chi connectivity index (χ0n) is 18.2.